The van der Waals surface area contributed by atoms with Gasteiger partial charge in [0, 0.05) is 49.9 Å². The summed E-state index contributed by atoms with van der Waals surface area (Å²) in [5.41, 5.74) is 20.9. The number of imidazole rings is 1. The zero-order valence-electron chi connectivity index (χ0n) is 34.8. The molecule has 8 nitrogen and oxygen atoms in total. The summed E-state index contributed by atoms with van der Waals surface area (Å²) in [5.74, 6) is 0.691. The first-order valence-electron chi connectivity index (χ1n) is 21.7. The van der Waals surface area contributed by atoms with Crippen molar-refractivity contribution < 1.29 is 0 Å². The maximum atomic E-state index is 5.70. The third kappa shape index (κ3) is 6.27. The molecule has 8 bridgehead atoms. The molecule has 11 aromatic rings. The Kier molecular flexibility index (Phi) is 8.35. The average Bonchev–Trinajstić information content (AvgIpc) is 4.23. The van der Waals surface area contributed by atoms with Gasteiger partial charge in [-0.3, -0.25) is 0 Å². The van der Waals surface area contributed by atoms with Crippen LogP contribution in [0.1, 0.15) is 28.6 Å². The fraction of sp³-hybridized carbons (Fsp3) is 0. The van der Waals surface area contributed by atoms with Crippen molar-refractivity contribution in [1.29, 1.82) is 0 Å². The van der Waals surface area contributed by atoms with Gasteiger partial charge in [0.1, 0.15) is 5.82 Å². The van der Waals surface area contributed by atoms with Crippen molar-refractivity contribution >= 4 is 79.0 Å². The van der Waals surface area contributed by atoms with Gasteiger partial charge < -0.3 is 15.0 Å². The lowest BCUT2D eigenvalue weighted by molar-refractivity contribution is 1.24. The molecule has 0 amide bonds. The van der Waals surface area contributed by atoms with Crippen LogP contribution in [0, 0.1) is 0 Å². The van der Waals surface area contributed by atoms with Gasteiger partial charge in [0.2, 0.25) is 0 Å². The van der Waals surface area contributed by atoms with Crippen molar-refractivity contribution in [3.63, 3.8) is 0 Å². The molecule has 8 heteroatoms. The minimum Gasteiger partial charge on any atom is -0.354 e. The molecule has 0 saturated carbocycles. The maximum absolute atomic E-state index is 5.70. The summed E-state index contributed by atoms with van der Waals surface area (Å²) in [7, 11) is 0. The SMILES string of the molecule is C1=Cc2nc1c(-c1ccccc1)c1ccc([nH]1)c(-c1ccccc1)c1nc(c(-c3ccccc3)c3ccc([nH]3)c2-c2ccccc2)C(c2nc3cc4nc5ccccc5nc4cc3[nH]2)=C1. The quantitative estimate of drug-likeness (QED) is 0.150. The third-order valence-electron chi connectivity index (χ3n) is 12.3. The number of rotatable bonds is 5. The van der Waals surface area contributed by atoms with Gasteiger partial charge in [0.15, 0.2) is 0 Å². The highest BCUT2D eigenvalue weighted by Crippen LogP contribution is 2.42. The molecule has 2 aliphatic heterocycles. The number of aromatic amines is 3. The Labute approximate surface area is 372 Å². The molecule has 6 aromatic carbocycles. The van der Waals surface area contributed by atoms with E-state index in [1.807, 2.05) is 60.7 Å². The van der Waals surface area contributed by atoms with Crippen molar-refractivity contribution in [1.82, 2.24) is 39.9 Å². The van der Waals surface area contributed by atoms with E-state index in [0.717, 1.165) is 128 Å². The van der Waals surface area contributed by atoms with Crippen LogP contribution in [0.4, 0.5) is 0 Å². The zero-order chi connectivity index (χ0) is 42.8. The Bertz CT molecular complexity index is 3850. The van der Waals surface area contributed by atoms with Crippen LogP contribution in [-0.4, -0.2) is 39.9 Å². The molecule has 0 spiro atoms. The van der Waals surface area contributed by atoms with E-state index in [1.165, 1.54) is 0 Å². The maximum Gasteiger partial charge on any atom is 0.140 e. The van der Waals surface area contributed by atoms with E-state index in [9.17, 15) is 0 Å². The zero-order valence-corrected chi connectivity index (χ0v) is 34.8. The highest BCUT2D eigenvalue weighted by atomic mass is 14.9. The number of aromatic nitrogens is 8. The van der Waals surface area contributed by atoms with E-state index < -0.39 is 0 Å². The van der Waals surface area contributed by atoms with E-state index in [2.05, 4.69) is 155 Å². The second-order valence-corrected chi connectivity index (χ2v) is 16.3. The number of hydrogen-bond donors (Lipinski definition) is 3. The van der Waals surface area contributed by atoms with Crippen LogP contribution >= 0.6 is 0 Å². The first-order chi connectivity index (χ1) is 32.2. The van der Waals surface area contributed by atoms with Gasteiger partial charge in [0.25, 0.3) is 0 Å². The van der Waals surface area contributed by atoms with Gasteiger partial charge in [-0.05, 0) is 89.0 Å². The molecule has 0 fully saturated rings. The van der Waals surface area contributed by atoms with Crippen LogP contribution in [0.3, 0.4) is 0 Å². The number of fused-ring (bicyclic) bond motifs is 11. The lowest BCUT2D eigenvalue weighted by Crippen LogP contribution is -1.93. The van der Waals surface area contributed by atoms with Gasteiger partial charge >= 0.3 is 0 Å². The number of H-pyrrole nitrogens is 3. The molecule has 0 aliphatic carbocycles. The Balaban J connectivity index is 1.18. The standard InChI is InChI=1S/C57H36N8/c1-5-15-34(16-6-1)52-41-25-26-42(60-41)53(35-17-7-2-8-18-35)44-29-30-46(62-44)55(37-21-11-4-12-22-37)56-38(31-51(63-56)54(36-19-9-3-10-20-36)45-28-27-43(52)61-45)57-64-49-32-47-48(33-50(49)65-57)59-40-24-14-13-23-39(40)58-47/h1-33,61-62H,(H,64,65). The van der Waals surface area contributed by atoms with Crippen LogP contribution in [-0.2, 0) is 0 Å². The molecule has 0 radical (unpaired) electrons. The summed E-state index contributed by atoms with van der Waals surface area (Å²) >= 11 is 0. The molecule has 2 aliphatic rings. The fourth-order valence-corrected chi connectivity index (χ4v) is 9.35. The van der Waals surface area contributed by atoms with Crippen molar-refractivity contribution in [2.75, 3.05) is 0 Å². The molecular weight excluding hydrogens is 797 g/mol. The van der Waals surface area contributed by atoms with E-state index in [1.54, 1.807) is 0 Å². The number of para-hydroxylation sites is 2. The van der Waals surface area contributed by atoms with Crippen LogP contribution in [0.15, 0.2) is 182 Å². The summed E-state index contributed by atoms with van der Waals surface area (Å²) < 4.78 is 0. The van der Waals surface area contributed by atoms with E-state index >= 15 is 0 Å². The van der Waals surface area contributed by atoms with Crippen LogP contribution in [0.2, 0.25) is 0 Å². The highest BCUT2D eigenvalue weighted by molar-refractivity contribution is 6.06. The van der Waals surface area contributed by atoms with Crippen molar-refractivity contribution in [3.05, 3.63) is 211 Å². The number of nitrogens with zero attached hydrogens (tertiary/aromatic N) is 5. The van der Waals surface area contributed by atoms with Crippen LogP contribution in [0.25, 0.3) is 123 Å². The van der Waals surface area contributed by atoms with Crippen molar-refractivity contribution in [2.45, 2.75) is 0 Å². The average molecular weight is 833 g/mol. The number of nitrogens with one attached hydrogen (secondary N) is 3. The summed E-state index contributed by atoms with van der Waals surface area (Å²) in [6.45, 7) is 0. The molecule has 7 heterocycles. The molecule has 5 aromatic heterocycles. The van der Waals surface area contributed by atoms with Gasteiger partial charge in [-0.25, -0.2) is 24.9 Å². The topological polar surface area (TPSA) is 112 Å². The monoisotopic (exact) mass is 832 g/mol. The Hall–Kier alpha value is -9.01. The fourth-order valence-electron chi connectivity index (χ4n) is 9.35. The number of hydrogen-bond acceptors (Lipinski definition) is 5. The molecular formula is C57H36N8. The molecule has 3 N–H and O–H groups in total. The van der Waals surface area contributed by atoms with Gasteiger partial charge in [0.05, 0.1) is 55.9 Å². The molecule has 13 rings (SSSR count). The normalized spacial score (nSPS) is 12.3. The van der Waals surface area contributed by atoms with E-state index in [0.29, 0.717) is 5.82 Å². The largest absolute Gasteiger partial charge is 0.354 e. The second kappa shape index (κ2) is 14.8. The minimum absolute atomic E-state index is 0.691. The van der Waals surface area contributed by atoms with E-state index in [-0.39, 0.29) is 0 Å². The van der Waals surface area contributed by atoms with Gasteiger partial charge in [-0.15, -0.1) is 0 Å². The Morgan fingerprint density at radius 3 is 1.23 bits per heavy atom. The first kappa shape index (κ1) is 36.6. The smallest absolute Gasteiger partial charge is 0.140 e. The van der Waals surface area contributed by atoms with Crippen LogP contribution < -0.4 is 0 Å². The summed E-state index contributed by atoms with van der Waals surface area (Å²) in [5, 5.41) is 0. The van der Waals surface area contributed by atoms with Crippen molar-refractivity contribution in [2.24, 2.45) is 0 Å². The van der Waals surface area contributed by atoms with Crippen molar-refractivity contribution in [3.8, 4) is 44.5 Å². The molecule has 0 atom stereocenters. The number of benzene rings is 6. The lowest BCUT2D eigenvalue weighted by Gasteiger charge is -2.08. The highest BCUT2D eigenvalue weighted by Gasteiger charge is 2.25. The second-order valence-electron chi connectivity index (χ2n) is 16.3. The molecule has 0 saturated heterocycles. The molecule has 0 unspecified atom stereocenters. The Morgan fingerprint density at radius 1 is 0.292 bits per heavy atom. The predicted octanol–water partition coefficient (Wildman–Crippen LogP) is 13.7. The first-order valence-corrected chi connectivity index (χ1v) is 21.7. The third-order valence-corrected chi connectivity index (χ3v) is 12.3. The van der Waals surface area contributed by atoms with Gasteiger partial charge in [-0.1, -0.05) is 133 Å². The van der Waals surface area contributed by atoms with Crippen LogP contribution in [0.5, 0.6) is 0 Å². The molecule has 304 valence electrons. The van der Waals surface area contributed by atoms with E-state index in [4.69, 9.17) is 24.9 Å². The van der Waals surface area contributed by atoms with Gasteiger partial charge in [-0.2, -0.15) is 0 Å². The lowest BCUT2D eigenvalue weighted by atomic mass is 9.99. The predicted molar refractivity (Wildman–Crippen MR) is 265 cm³/mol. The summed E-state index contributed by atoms with van der Waals surface area (Å²) in [6.07, 6.45) is 6.45. The summed E-state index contributed by atoms with van der Waals surface area (Å²) in [6, 6.07) is 62.6. The minimum atomic E-state index is 0.691. The molecule has 65 heavy (non-hydrogen) atoms. The Morgan fingerprint density at radius 2 is 0.723 bits per heavy atom. The summed E-state index contributed by atoms with van der Waals surface area (Å²) in [4.78, 5) is 37.9.